The first-order valence-electron chi connectivity index (χ1n) is 13.0. The number of Topliss-reactive ketones (excluding diaryl/α,β-unsaturated/α-hetero) is 1. The first kappa shape index (κ1) is 25.6. The van der Waals surface area contributed by atoms with Crippen molar-refractivity contribution in [2.24, 2.45) is 7.05 Å². The summed E-state index contributed by atoms with van der Waals surface area (Å²) in [7, 11) is 1.88. The fraction of sp³-hybridized carbons (Fsp3) is 0.194. The molecular weight excluding hydrogens is 520 g/mol. The number of aromatic nitrogens is 6. The number of aromatic amines is 1. The number of ketones is 1. The summed E-state index contributed by atoms with van der Waals surface area (Å²) in [5.41, 5.74) is 6.85. The third-order valence-corrected chi connectivity index (χ3v) is 8.45. The molecule has 0 aliphatic heterocycles. The molecule has 8 nitrogen and oxygen atoms in total. The van der Waals surface area contributed by atoms with Crippen molar-refractivity contribution < 1.29 is 4.79 Å². The molecule has 200 valence electrons. The van der Waals surface area contributed by atoms with E-state index in [2.05, 4.69) is 21.9 Å². The van der Waals surface area contributed by atoms with Crippen LogP contribution in [0, 0.1) is 0 Å². The second-order valence-electron chi connectivity index (χ2n) is 10.1. The Balaban J connectivity index is 1.40. The maximum atomic E-state index is 13.6. The van der Waals surface area contributed by atoms with Gasteiger partial charge in [0.25, 0.3) is 5.56 Å². The lowest BCUT2D eigenvalue weighted by Gasteiger charge is -2.13. The van der Waals surface area contributed by atoms with E-state index in [0.29, 0.717) is 24.0 Å². The van der Waals surface area contributed by atoms with E-state index in [1.165, 1.54) is 4.68 Å². The number of aryl methyl sites for hydroxylation is 1. The van der Waals surface area contributed by atoms with Gasteiger partial charge in [0.05, 0.1) is 23.4 Å². The van der Waals surface area contributed by atoms with Crippen molar-refractivity contribution in [2.75, 3.05) is 0 Å². The van der Waals surface area contributed by atoms with Crippen molar-refractivity contribution >= 4 is 43.9 Å². The smallest absolute Gasteiger partial charge is 0.291 e. The zero-order valence-electron chi connectivity index (χ0n) is 22.5. The number of rotatable bonds is 8. The molecule has 0 bridgehead atoms. The highest BCUT2D eigenvalue weighted by Gasteiger charge is 2.25. The van der Waals surface area contributed by atoms with Gasteiger partial charge >= 0.3 is 0 Å². The Labute approximate surface area is 234 Å². The molecule has 0 saturated carbocycles. The van der Waals surface area contributed by atoms with Crippen LogP contribution in [0.4, 0.5) is 0 Å². The van der Waals surface area contributed by atoms with Crippen LogP contribution in [0.1, 0.15) is 57.5 Å². The average Bonchev–Trinajstić information content (AvgIpc) is 3.68. The predicted molar refractivity (Wildman–Crippen MR) is 159 cm³/mol. The molecule has 6 aromatic rings. The number of H-pyrrole nitrogens is 1. The van der Waals surface area contributed by atoms with Gasteiger partial charge in [0, 0.05) is 29.9 Å². The Kier molecular flexibility index (Phi) is 6.51. The minimum atomic E-state index is -0.154. The van der Waals surface area contributed by atoms with E-state index in [-0.39, 0.29) is 17.3 Å². The van der Waals surface area contributed by atoms with Crippen molar-refractivity contribution in [2.45, 2.75) is 32.7 Å². The van der Waals surface area contributed by atoms with Crippen LogP contribution in [-0.4, -0.2) is 35.3 Å². The van der Waals surface area contributed by atoms with Gasteiger partial charge in [0.2, 0.25) is 0 Å². The largest absolute Gasteiger partial charge is 0.323 e. The van der Waals surface area contributed by atoms with E-state index in [4.69, 9.17) is 4.98 Å². The monoisotopic (exact) mass is 548 g/mol. The summed E-state index contributed by atoms with van der Waals surface area (Å²) in [6.45, 7) is 7.93. The van der Waals surface area contributed by atoms with Gasteiger partial charge in [-0.15, -0.1) is 11.3 Å². The third kappa shape index (κ3) is 4.58. The Morgan fingerprint density at radius 1 is 1.07 bits per heavy atom. The first-order valence-corrected chi connectivity index (χ1v) is 13.8. The SMILES string of the molecule is C=C(C)c1cccc(Cn2ncc3c4sc(C(Cc5cccc(C(C)=O)c5)c5ccn[nH]5)nc4n(C)c3c2=O)c1. The van der Waals surface area contributed by atoms with Gasteiger partial charge in [-0.1, -0.05) is 48.6 Å². The summed E-state index contributed by atoms with van der Waals surface area (Å²) < 4.78 is 4.30. The summed E-state index contributed by atoms with van der Waals surface area (Å²) in [4.78, 5) is 30.6. The quantitative estimate of drug-likeness (QED) is 0.245. The van der Waals surface area contributed by atoms with E-state index >= 15 is 0 Å². The summed E-state index contributed by atoms with van der Waals surface area (Å²) in [6.07, 6.45) is 4.15. The zero-order valence-corrected chi connectivity index (χ0v) is 23.3. The van der Waals surface area contributed by atoms with Crippen LogP contribution in [0.5, 0.6) is 0 Å². The number of thiazole rings is 1. The van der Waals surface area contributed by atoms with E-state index in [9.17, 15) is 9.59 Å². The van der Waals surface area contributed by atoms with Gasteiger partial charge in [-0.05, 0) is 55.2 Å². The number of hydrogen-bond donors (Lipinski definition) is 1. The highest BCUT2D eigenvalue weighted by molar-refractivity contribution is 7.19. The number of benzene rings is 2. The van der Waals surface area contributed by atoms with Crippen molar-refractivity contribution in [3.05, 3.63) is 117 Å². The molecule has 1 N–H and O–H groups in total. The Morgan fingerprint density at radius 3 is 2.55 bits per heavy atom. The number of allylic oxidation sites excluding steroid dienone is 1. The van der Waals surface area contributed by atoms with Crippen LogP contribution >= 0.6 is 11.3 Å². The highest BCUT2D eigenvalue weighted by Crippen LogP contribution is 2.37. The summed E-state index contributed by atoms with van der Waals surface area (Å²) in [5, 5.41) is 13.5. The molecule has 4 heterocycles. The van der Waals surface area contributed by atoms with E-state index in [1.54, 1.807) is 30.7 Å². The lowest BCUT2D eigenvalue weighted by atomic mass is 9.95. The van der Waals surface area contributed by atoms with Gasteiger partial charge in [-0.3, -0.25) is 14.7 Å². The van der Waals surface area contributed by atoms with Crippen molar-refractivity contribution in [3.8, 4) is 0 Å². The molecule has 1 atom stereocenters. The van der Waals surface area contributed by atoms with Gasteiger partial charge in [0.1, 0.15) is 10.5 Å². The van der Waals surface area contributed by atoms with Crippen LogP contribution in [-0.2, 0) is 20.0 Å². The highest BCUT2D eigenvalue weighted by atomic mass is 32.1. The van der Waals surface area contributed by atoms with Gasteiger partial charge in [-0.25, -0.2) is 9.67 Å². The van der Waals surface area contributed by atoms with Gasteiger partial charge in [-0.2, -0.15) is 10.2 Å². The topological polar surface area (TPSA) is 98.5 Å². The summed E-state index contributed by atoms with van der Waals surface area (Å²) in [5.74, 6) is -0.0563. The number of carbonyl (C=O) groups is 1. The molecule has 4 aromatic heterocycles. The predicted octanol–water partition coefficient (Wildman–Crippen LogP) is 5.73. The minimum Gasteiger partial charge on any atom is -0.323 e. The number of carbonyl (C=O) groups excluding carboxylic acids is 1. The molecule has 0 aliphatic carbocycles. The standard InChI is InChI=1S/C31H28N6O2S/c1-18(2)22-9-6-8-21(14-22)17-37-31(39)27-25(16-33-37)28-29(36(27)4)34-30(40-28)24(26-11-12-32-35-26)15-20-7-5-10-23(13-20)19(3)38/h5-14,16,24H,1,15,17H2,2-4H3,(H,32,35). The van der Waals surface area contributed by atoms with E-state index in [0.717, 1.165) is 48.7 Å². The second kappa shape index (κ2) is 10.2. The van der Waals surface area contributed by atoms with Crippen LogP contribution in [0.3, 0.4) is 0 Å². The van der Waals surface area contributed by atoms with Crippen molar-refractivity contribution in [1.82, 2.24) is 29.5 Å². The molecule has 0 radical (unpaired) electrons. The number of hydrogen-bond acceptors (Lipinski definition) is 6. The molecule has 0 aliphatic rings. The number of nitrogens with zero attached hydrogens (tertiary/aromatic N) is 5. The third-order valence-electron chi connectivity index (χ3n) is 7.26. The molecule has 9 heteroatoms. The fourth-order valence-corrected chi connectivity index (χ4v) is 6.35. The van der Waals surface area contributed by atoms with Crippen LogP contribution in [0.25, 0.3) is 26.8 Å². The van der Waals surface area contributed by atoms with Crippen LogP contribution in [0.2, 0.25) is 0 Å². The average molecular weight is 549 g/mol. The minimum absolute atomic E-state index is 0.0353. The van der Waals surface area contributed by atoms with Gasteiger partial charge in [0.15, 0.2) is 11.4 Å². The number of fused-ring (bicyclic) bond motifs is 3. The van der Waals surface area contributed by atoms with Crippen LogP contribution in [0.15, 0.2) is 78.4 Å². The van der Waals surface area contributed by atoms with Crippen LogP contribution < -0.4 is 5.56 Å². The molecule has 1 unspecified atom stereocenters. The molecule has 40 heavy (non-hydrogen) atoms. The maximum Gasteiger partial charge on any atom is 0.291 e. The number of nitrogens with one attached hydrogen (secondary N) is 1. The first-order chi connectivity index (χ1) is 19.3. The molecule has 0 amide bonds. The van der Waals surface area contributed by atoms with Crippen molar-refractivity contribution in [1.29, 1.82) is 0 Å². The molecule has 2 aromatic carbocycles. The normalized spacial score (nSPS) is 12.3. The molecule has 0 fully saturated rings. The fourth-order valence-electron chi connectivity index (χ4n) is 5.12. The Bertz CT molecular complexity index is 1960. The Hall–Kier alpha value is -4.63. The molecule has 6 rings (SSSR count). The second-order valence-corrected chi connectivity index (χ2v) is 11.2. The van der Waals surface area contributed by atoms with Crippen molar-refractivity contribution in [3.63, 3.8) is 0 Å². The Morgan fingerprint density at radius 2 is 1.82 bits per heavy atom. The molecular formula is C31H28N6O2S. The zero-order chi connectivity index (χ0) is 28.0. The van der Waals surface area contributed by atoms with Gasteiger partial charge < -0.3 is 4.57 Å². The summed E-state index contributed by atoms with van der Waals surface area (Å²) in [6, 6.07) is 17.7. The lowest BCUT2D eigenvalue weighted by Crippen LogP contribution is -2.24. The summed E-state index contributed by atoms with van der Waals surface area (Å²) >= 11 is 1.56. The maximum absolute atomic E-state index is 13.6. The van der Waals surface area contributed by atoms with E-state index in [1.807, 2.05) is 73.1 Å². The molecule has 0 saturated heterocycles. The van der Waals surface area contributed by atoms with E-state index < -0.39 is 0 Å². The lowest BCUT2D eigenvalue weighted by molar-refractivity contribution is 0.101. The molecule has 0 spiro atoms.